The largest absolute Gasteiger partial charge is 0.460 e. The van der Waals surface area contributed by atoms with Gasteiger partial charge in [-0.2, -0.15) is 5.10 Å². The molecule has 3 heterocycles. The number of hydrogen-bond acceptors (Lipinski definition) is 5. The lowest BCUT2D eigenvalue weighted by Crippen LogP contribution is -2.12. The SMILES string of the molecule is Cc1ccc(-c2nn(-c3ccccc3)cc2C(=O)Nc2ccc3oc(C)nc3c2)o1. The second-order valence-electron chi connectivity index (χ2n) is 6.95. The number of amides is 1. The lowest BCUT2D eigenvalue weighted by Gasteiger charge is -2.04. The third-order valence-corrected chi connectivity index (χ3v) is 4.71. The summed E-state index contributed by atoms with van der Waals surface area (Å²) in [5.41, 5.74) is 3.71. The molecule has 0 aliphatic carbocycles. The first-order valence-corrected chi connectivity index (χ1v) is 9.47. The number of benzene rings is 2. The monoisotopic (exact) mass is 398 g/mol. The maximum Gasteiger partial charge on any atom is 0.259 e. The second-order valence-corrected chi connectivity index (χ2v) is 6.95. The van der Waals surface area contributed by atoms with E-state index < -0.39 is 0 Å². The summed E-state index contributed by atoms with van der Waals surface area (Å²) in [6.07, 6.45) is 1.70. The standard InChI is InChI=1S/C23H18N4O3/c1-14-8-10-21(29-14)22-18(13-27(26-22)17-6-4-3-5-7-17)23(28)25-16-9-11-20-19(12-16)24-15(2)30-20/h3-13H,1-2H3,(H,25,28). The molecule has 1 amide bonds. The van der Waals surface area contributed by atoms with Crippen molar-refractivity contribution in [2.24, 2.45) is 0 Å². The van der Waals surface area contributed by atoms with Gasteiger partial charge in [-0.3, -0.25) is 4.79 Å². The fraction of sp³-hybridized carbons (Fsp3) is 0.0870. The van der Waals surface area contributed by atoms with Crippen LogP contribution < -0.4 is 5.32 Å². The topological polar surface area (TPSA) is 86.1 Å². The highest BCUT2D eigenvalue weighted by Gasteiger charge is 2.21. The van der Waals surface area contributed by atoms with Crippen molar-refractivity contribution in [3.8, 4) is 17.1 Å². The molecule has 5 rings (SSSR count). The molecule has 148 valence electrons. The third-order valence-electron chi connectivity index (χ3n) is 4.71. The van der Waals surface area contributed by atoms with Crippen LogP contribution in [0, 0.1) is 13.8 Å². The summed E-state index contributed by atoms with van der Waals surface area (Å²) >= 11 is 0. The highest BCUT2D eigenvalue weighted by Crippen LogP contribution is 2.27. The van der Waals surface area contributed by atoms with E-state index in [1.54, 1.807) is 36.0 Å². The Labute approximate surface area is 172 Å². The van der Waals surface area contributed by atoms with Crippen LogP contribution in [0.15, 0.2) is 75.7 Å². The summed E-state index contributed by atoms with van der Waals surface area (Å²) in [6, 6.07) is 18.6. The Balaban J connectivity index is 1.54. The lowest BCUT2D eigenvalue weighted by atomic mass is 10.2. The third kappa shape index (κ3) is 3.26. The first-order valence-electron chi connectivity index (χ1n) is 9.47. The maximum absolute atomic E-state index is 13.2. The van der Waals surface area contributed by atoms with Gasteiger partial charge in [0.15, 0.2) is 17.2 Å². The smallest absolute Gasteiger partial charge is 0.259 e. The van der Waals surface area contributed by atoms with Gasteiger partial charge in [0.25, 0.3) is 5.91 Å². The molecule has 0 radical (unpaired) electrons. The van der Waals surface area contributed by atoms with Gasteiger partial charge < -0.3 is 14.2 Å². The van der Waals surface area contributed by atoms with Crippen molar-refractivity contribution in [2.75, 3.05) is 5.32 Å². The first kappa shape index (κ1) is 17.9. The molecular weight excluding hydrogens is 380 g/mol. The number of aryl methyl sites for hydroxylation is 2. The number of carbonyl (C=O) groups excluding carboxylic acids is 1. The highest BCUT2D eigenvalue weighted by atomic mass is 16.3. The van der Waals surface area contributed by atoms with Crippen LogP contribution in [-0.4, -0.2) is 20.7 Å². The molecule has 0 aliphatic rings. The van der Waals surface area contributed by atoms with Gasteiger partial charge in [0.05, 0.1) is 11.3 Å². The maximum atomic E-state index is 13.2. The van der Waals surface area contributed by atoms with Crippen molar-refractivity contribution < 1.29 is 13.6 Å². The van der Waals surface area contributed by atoms with E-state index >= 15 is 0 Å². The quantitative estimate of drug-likeness (QED) is 0.453. The number of anilines is 1. The molecule has 7 nitrogen and oxygen atoms in total. The fourth-order valence-corrected chi connectivity index (χ4v) is 3.32. The van der Waals surface area contributed by atoms with Crippen LogP contribution >= 0.6 is 0 Å². The molecule has 3 aromatic heterocycles. The minimum atomic E-state index is -0.291. The number of oxazole rings is 1. The van der Waals surface area contributed by atoms with Gasteiger partial charge in [-0.05, 0) is 49.4 Å². The number of carbonyl (C=O) groups is 1. The average molecular weight is 398 g/mol. The van der Waals surface area contributed by atoms with Crippen LogP contribution in [0.1, 0.15) is 22.0 Å². The normalized spacial score (nSPS) is 11.1. The van der Waals surface area contributed by atoms with E-state index in [1.165, 1.54) is 0 Å². The van der Waals surface area contributed by atoms with E-state index in [1.807, 2.05) is 49.4 Å². The van der Waals surface area contributed by atoms with E-state index in [0.29, 0.717) is 39.7 Å². The van der Waals surface area contributed by atoms with Crippen LogP contribution in [-0.2, 0) is 0 Å². The average Bonchev–Trinajstić information content (AvgIpc) is 3.45. The molecule has 0 bridgehead atoms. The molecule has 0 fully saturated rings. The van der Waals surface area contributed by atoms with Gasteiger partial charge in [0, 0.05) is 18.8 Å². The van der Waals surface area contributed by atoms with Gasteiger partial charge in [-0.15, -0.1) is 0 Å². The second kappa shape index (κ2) is 7.04. The minimum absolute atomic E-state index is 0.291. The zero-order valence-electron chi connectivity index (χ0n) is 16.4. The molecule has 0 saturated carbocycles. The van der Waals surface area contributed by atoms with E-state index in [9.17, 15) is 4.79 Å². The summed E-state index contributed by atoms with van der Waals surface area (Å²) in [6.45, 7) is 3.64. The van der Waals surface area contributed by atoms with Crippen molar-refractivity contribution in [1.29, 1.82) is 0 Å². The van der Waals surface area contributed by atoms with Crippen molar-refractivity contribution in [3.05, 3.63) is 84.1 Å². The number of aromatic nitrogens is 3. The highest BCUT2D eigenvalue weighted by molar-refractivity contribution is 6.08. The fourth-order valence-electron chi connectivity index (χ4n) is 3.32. The molecule has 5 aromatic rings. The van der Waals surface area contributed by atoms with Gasteiger partial charge >= 0.3 is 0 Å². The molecule has 0 spiro atoms. The van der Waals surface area contributed by atoms with Crippen LogP contribution in [0.4, 0.5) is 5.69 Å². The van der Waals surface area contributed by atoms with Gasteiger partial charge in [0.2, 0.25) is 0 Å². The molecule has 0 unspecified atom stereocenters. The molecular formula is C23H18N4O3. The summed E-state index contributed by atoms with van der Waals surface area (Å²) in [5, 5.41) is 7.54. The number of nitrogens with one attached hydrogen (secondary N) is 1. The first-order chi connectivity index (χ1) is 14.6. The predicted octanol–water partition coefficient (Wildman–Crippen LogP) is 5.14. The molecule has 7 heteroatoms. The van der Waals surface area contributed by atoms with Crippen molar-refractivity contribution in [2.45, 2.75) is 13.8 Å². The zero-order valence-corrected chi connectivity index (χ0v) is 16.4. The summed E-state index contributed by atoms with van der Waals surface area (Å²) in [4.78, 5) is 17.5. The van der Waals surface area contributed by atoms with Gasteiger partial charge in [-0.1, -0.05) is 18.2 Å². The Morgan fingerprint density at radius 1 is 1.00 bits per heavy atom. The van der Waals surface area contributed by atoms with E-state index in [0.717, 1.165) is 11.4 Å². The van der Waals surface area contributed by atoms with Crippen LogP contribution in [0.2, 0.25) is 0 Å². The molecule has 0 saturated heterocycles. The molecule has 30 heavy (non-hydrogen) atoms. The number of rotatable bonds is 4. The van der Waals surface area contributed by atoms with Crippen molar-refractivity contribution in [1.82, 2.24) is 14.8 Å². The van der Waals surface area contributed by atoms with Crippen LogP contribution in [0.25, 0.3) is 28.2 Å². The summed E-state index contributed by atoms with van der Waals surface area (Å²) < 4.78 is 12.9. The number of hydrogen-bond donors (Lipinski definition) is 1. The summed E-state index contributed by atoms with van der Waals surface area (Å²) in [7, 11) is 0. The number of para-hydroxylation sites is 1. The van der Waals surface area contributed by atoms with E-state index in [-0.39, 0.29) is 5.91 Å². The Kier molecular flexibility index (Phi) is 4.21. The van der Waals surface area contributed by atoms with Crippen molar-refractivity contribution in [3.63, 3.8) is 0 Å². The Hall–Kier alpha value is -4.13. The Bertz CT molecular complexity index is 1360. The number of fused-ring (bicyclic) bond motifs is 1. The van der Waals surface area contributed by atoms with Gasteiger partial charge in [0.1, 0.15) is 17.0 Å². The summed E-state index contributed by atoms with van der Waals surface area (Å²) in [5.74, 6) is 1.57. The lowest BCUT2D eigenvalue weighted by molar-refractivity contribution is 0.102. The number of furan rings is 1. The minimum Gasteiger partial charge on any atom is -0.460 e. The van der Waals surface area contributed by atoms with E-state index in [4.69, 9.17) is 8.83 Å². The van der Waals surface area contributed by atoms with Crippen molar-refractivity contribution >= 4 is 22.7 Å². The Morgan fingerprint density at radius 2 is 1.83 bits per heavy atom. The van der Waals surface area contributed by atoms with Crippen LogP contribution in [0.5, 0.6) is 0 Å². The van der Waals surface area contributed by atoms with E-state index in [2.05, 4.69) is 15.4 Å². The molecule has 2 aromatic carbocycles. The van der Waals surface area contributed by atoms with Gasteiger partial charge in [-0.25, -0.2) is 9.67 Å². The zero-order chi connectivity index (χ0) is 20.7. The molecule has 1 N–H and O–H groups in total. The predicted molar refractivity (Wildman–Crippen MR) is 113 cm³/mol. The van der Waals surface area contributed by atoms with Crippen LogP contribution in [0.3, 0.4) is 0 Å². The molecule has 0 atom stereocenters. The Morgan fingerprint density at radius 3 is 2.60 bits per heavy atom. The molecule has 0 aliphatic heterocycles. The number of nitrogens with zero attached hydrogens (tertiary/aromatic N) is 3.